The van der Waals surface area contributed by atoms with E-state index in [-0.39, 0.29) is 18.9 Å². The fraction of sp³-hybridized carbons (Fsp3) is 0.471. The molecule has 0 saturated heterocycles. The quantitative estimate of drug-likeness (QED) is 0.514. The maximum absolute atomic E-state index is 12.0. The molecule has 6 nitrogen and oxygen atoms in total. The van der Waals surface area contributed by atoms with Crippen molar-refractivity contribution < 1.29 is 19.1 Å². The number of nitriles is 1. The van der Waals surface area contributed by atoms with Crippen molar-refractivity contribution in [3.8, 4) is 6.07 Å². The van der Waals surface area contributed by atoms with E-state index in [2.05, 4.69) is 11.4 Å². The number of hydrogen-bond donors (Lipinski definition) is 1. The number of benzene rings is 1. The van der Waals surface area contributed by atoms with Crippen LogP contribution in [0.4, 0.5) is 0 Å². The highest BCUT2D eigenvalue weighted by molar-refractivity contribution is 7.99. The van der Waals surface area contributed by atoms with Gasteiger partial charge in [0.1, 0.15) is 6.04 Å². The van der Waals surface area contributed by atoms with Gasteiger partial charge in [-0.15, -0.1) is 11.8 Å². The van der Waals surface area contributed by atoms with Crippen molar-refractivity contribution in [3.05, 3.63) is 29.8 Å². The first kappa shape index (κ1) is 20.0. The van der Waals surface area contributed by atoms with Crippen LogP contribution in [0.1, 0.15) is 25.3 Å². The second kappa shape index (κ2) is 11.5. The number of amides is 1. The lowest BCUT2D eigenvalue weighted by Crippen LogP contribution is -2.42. The standard InChI is InChI=1S/C17H22N2O4S/c1-3-23-17(21)15(8-10-22-2)19-16(20)9-11-24-14-6-4-13(12-18)5-7-14/h4-7,15H,3,8-11H2,1-2H3,(H,19,20)/t15-/m1/s1. The Labute approximate surface area is 146 Å². The van der Waals surface area contributed by atoms with Crippen LogP contribution >= 0.6 is 11.8 Å². The molecule has 0 heterocycles. The zero-order chi connectivity index (χ0) is 17.8. The lowest BCUT2D eigenvalue weighted by Gasteiger charge is -2.16. The number of carbonyl (C=O) groups excluding carboxylic acids is 2. The minimum absolute atomic E-state index is 0.203. The summed E-state index contributed by atoms with van der Waals surface area (Å²) in [5, 5.41) is 11.4. The summed E-state index contributed by atoms with van der Waals surface area (Å²) in [4.78, 5) is 24.8. The van der Waals surface area contributed by atoms with Gasteiger partial charge in [-0.1, -0.05) is 0 Å². The molecule has 0 bridgehead atoms. The van der Waals surface area contributed by atoms with Crippen molar-refractivity contribution in [2.45, 2.75) is 30.7 Å². The smallest absolute Gasteiger partial charge is 0.328 e. The third-order valence-corrected chi connectivity index (χ3v) is 4.11. The normalized spacial score (nSPS) is 11.4. The van der Waals surface area contributed by atoms with Gasteiger partial charge in [-0.2, -0.15) is 5.26 Å². The van der Waals surface area contributed by atoms with E-state index in [9.17, 15) is 9.59 Å². The number of esters is 1. The number of thioether (sulfide) groups is 1. The molecule has 0 saturated carbocycles. The molecule has 0 aliphatic rings. The van der Waals surface area contributed by atoms with E-state index >= 15 is 0 Å². The Balaban J connectivity index is 2.41. The number of carbonyl (C=O) groups is 2. The molecule has 1 aromatic rings. The predicted molar refractivity (Wildman–Crippen MR) is 91.6 cm³/mol. The molecule has 24 heavy (non-hydrogen) atoms. The topological polar surface area (TPSA) is 88.4 Å². The first-order valence-corrected chi connectivity index (χ1v) is 8.67. The van der Waals surface area contributed by atoms with Gasteiger partial charge in [-0.3, -0.25) is 4.79 Å². The molecule has 7 heteroatoms. The van der Waals surface area contributed by atoms with Crippen LogP contribution in [-0.4, -0.2) is 44.0 Å². The maximum atomic E-state index is 12.0. The van der Waals surface area contributed by atoms with E-state index < -0.39 is 12.0 Å². The molecule has 1 atom stereocenters. The lowest BCUT2D eigenvalue weighted by molar-refractivity contribution is -0.147. The van der Waals surface area contributed by atoms with Crippen molar-refractivity contribution in [1.29, 1.82) is 5.26 Å². The van der Waals surface area contributed by atoms with Gasteiger partial charge < -0.3 is 14.8 Å². The molecule has 1 rings (SSSR count). The minimum atomic E-state index is -0.683. The largest absolute Gasteiger partial charge is 0.464 e. The van der Waals surface area contributed by atoms with Crippen LogP contribution in [0.5, 0.6) is 0 Å². The van der Waals surface area contributed by atoms with Crippen molar-refractivity contribution in [2.75, 3.05) is 26.1 Å². The van der Waals surface area contributed by atoms with Crippen molar-refractivity contribution in [1.82, 2.24) is 5.32 Å². The average molecular weight is 350 g/mol. The molecule has 0 fully saturated rings. The molecular formula is C17H22N2O4S. The second-order valence-electron chi connectivity index (χ2n) is 4.89. The molecule has 0 radical (unpaired) electrons. The summed E-state index contributed by atoms with van der Waals surface area (Å²) >= 11 is 1.52. The first-order valence-electron chi connectivity index (χ1n) is 7.68. The van der Waals surface area contributed by atoms with Gasteiger partial charge in [0.05, 0.1) is 18.2 Å². The zero-order valence-corrected chi connectivity index (χ0v) is 14.7. The molecule has 1 N–H and O–H groups in total. The van der Waals surface area contributed by atoms with E-state index in [0.29, 0.717) is 24.3 Å². The highest BCUT2D eigenvalue weighted by Gasteiger charge is 2.21. The van der Waals surface area contributed by atoms with Gasteiger partial charge in [0.15, 0.2) is 0 Å². The Bertz CT molecular complexity index is 569. The summed E-state index contributed by atoms with van der Waals surface area (Å²) in [6.07, 6.45) is 0.664. The van der Waals surface area contributed by atoms with Crippen molar-refractivity contribution in [3.63, 3.8) is 0 Å². The Morgan fingerprint density at radius 3 is 2.62 bits per heavy atom. The lowest BCUT2D eigenvalue weighted by atomic mass is 10.2. The maximum Gasteiger partial charge on any atom is 0.328 e. The predicted octanol–water partition coefficient (Wildman–Crippen LogP) is 2.12. The van der Waals surface area contributed by atoms with Crippen LogP contribution in [0.25, 0.3) is 0 Å². The SMILES string of the molecule is CCOC(=O)[C@@H](CCOC)NC(=O)CCSc1ccc(C#N)cc1. The summed E-state index contributed by atoms with van der Waals surface area (Å²) in [5.74, 6) is -0.0645. The molecule has 0 spiro atoms. The molecule has 1 amide bonds. The molecular weight excluding hydrogens is 328 g/mol. The van der Waals surface area contributed by atoms with Gasteiger partial charge in [-0.05, 0) is 31.2 Å². The van der Waals surface area contributed by atoms with Crippen LogP contribution in [0.3, 0.4) is 0 Å². The number of hydrogen-bond acceptors (Lipinski definition) is 6. The monoisotopic (exact) mass is 350 g/mol. The van der Waals surface area contributed by atoms with Crippen LogP contribution in [0.15, 0.2) is 29.2 Å². The Morgan fingerprint density at radius 2 is 2.04 bits per heavy atom. The summed E-state index contributed by atoms with van der Waals surface area (Å²) in [5.41, 5.74) is 0.604. The Hall–Kier alpha value is -2.04. The van der Waals surface area contributed by atoms with E-state index in [1.54, 1.807) is 19.1 Å². The third-order valence-electron chi connectivity index (χ3n) is 3.10. The Morgan fingerprint density at radius 1 is 1.33 bits per heavy atom. The van der Waals surface area contributed by atoms with E-state index in [1.807, 2.05) is 12.1 Å². The van der Waals surface area contributed by atoms with Gasteiger partial charge in [0.25, 0.3) is 0 Å². The molecule has 130 valence electrons. The summed E-state index contributed by atoms with van der Waals surface area (Å²) in [6.45, 7) is 2.36. The van der Waals surface area contributed by atoms with Crippen molar-refractivity contribution in [2.24, 2.45) is 0 Å². The van der Waals surface area contributed by atoms with Gasteiger partial charge in [0.2, 0.25) is 5.91 Å². The van der Waals surface area contributed by atoms with E-state index in [0.717, 1.165) is 4.90 Å². The fourth-order valence-corrected chi connectivity index (χ4v) is 2.73. The van der Waals surface area contributed by atoms with E-state index in [4.69, 9.17) is 14.7 Å². The zero-order valence-electron chi connectivity index (χ0n) is 13.9. The number of rotatable bonds is 10. The van der Waals surface area contributed by atoms with Crippen LogP contribution in [0.2, 0.25) is 0 Å². The van der Waals surface area contributed by atoms with E-state index in [1.165, 1.54) is 18.9 Å². The number of nitrogens with one attached hydrogen (secondary N) is 1. The summed E-state index contributed by atoms with van der Waals surface area (Å²) in [6, 6.07) is 8.55. The number of methoxy groups -OCH3 is 1. The fourth-order valence-electron chi connectivity index (χ4n) is 1.88. The molecule has 0 aliphatic heterocycles. The highest BCUT2D eigenvalue weighted by Crippen LogP contribution is 2.19. The van der Waals surface area contributed by atoms with Crippen LogP contribution < -0.4 is 5.32 Å². The molecule has 1 aromatic carbocycles. The average Bonchev–Trinajstić information content (AvgIpc) is 2.59. The third kappa shape index (κ3) is 7.49. The van der Waals surface area contributed by atoms with Gasteiger partial charge >= 0.3 is 5.97 Å². The Kier molecular flexibility index (Phi) is 9.58. The number of ether oxygens (including phenoxy) is 2. The molecule has 0 aliphatic carbocycles. The summed E-state index contributed by atoms with van der Waals surface area (Å²) < 4.78 is 9.91. The highest BCUT2D eigenvalue weighted by atomic mass is 32.2. The minimum Gasteiger partial charge on any atom is -0.464 e. The first-order chi connectivity index (χ1) is 11.6. The van der Waals surface area contributed by atoms with Crippen LogP contribution in [-0.2, 0) is 19.1 Å². The second-order valence-corrected chi connectivity index (χ2v) is 6.06. The number of nitrogens with zero attached hydrogens (tertiary/aromatic N) is 1. The molecule has 0 aromatic heterocycles. The molecule has 0 unspecified atom stereocenters. The van der Waals surface area contributed by atoms with Crippen LogP contribution in [0, 0.1) is 11.3 Å². The summed E-state index contributed by atoms with van der Waals surface area (Å²) in [7, 11) is 1.54. The van der Waals surface area contributed by atoms with Crippen molar-refractivity contribution >= 4 is 23.6 Å². The van der Waals surface area contributed by atoms with Gasteiger partial charge in [-0.25, -0.2) is 4.79 Å². The van der Waals surface area contributed by atoms with Gasteiger partial charge in [0, 0.05) is 37.2 Å².